The zero-order valence-electron chi connectivity index (χ0n) is 11.8. The summed E-state index contributed by atoms with van der Waals surface area (Å²) < 4.78 is 5.07. The van der Waals surface area contributed by atoms with Crippen LogP contribution in [0, 0.1) is 63.7 Å². The maximum atomic E-state index is 5.07. The number of benzene rings is 1. The van der Waals surface area contributed by atoms with Crippen molar-refractivity contribution >= 4 is 11.9 Å². The van der Waals surface area contributed by atoms with Crippen LogP contribution in [0.5, 0.6) is 5.75 Å². The minimum Gasteiger partial charge on any atom is -0.497 e. The van der Waals surface area contributed by atoms with Crippen molar-refractivity contribution in [1.82, 2.24) is 0 Å². The number of methoxy groups -OCH3 is 1. The quantitative estimate of drug-likeness (QED) is 0.613. The summed E-state index contributed by atoms with van der Waals surface area (Å²) in [4.78, 5) is 4.34. The molecule has 2 aliphatic carbocycles. The topological polar surface area (TPSA) is 21.6 Å². The summed E-state index contributed by atoms with van der Waals surface area (Å²) in [5, 5.41) is 0. The molecule has 3 heteroatoms. The zero-order chi connectivity index (χ0) is 14.0. The van der Waals surface area contributed by atoms with Gasteiger partial charge >= 0.3 is 17.1 Å². The van der Waals surface area contributed by atoms with Crippen LogP contribution in [-0.2, 0) is 17.1 Å². The summed E-state index contributed by atoms with van der Waals surface area (Å²) in [6.45, 7) is 0. The molecule has 0 aliphatic heterocycles. The average Bonchev–Trinajstić information content (AvgIpc) is 3.21. The number of ether oxygens (including phenoxy) is 1. The van der Waals surface area contributed by atoms with Crippen LogP contribution in [0.15, 0.2) is 29.3 Å². The molecule has 0 bridgehead atoms. The first kappa shape index (κ1) is 18.3. The van der Waals surface area contributed by atoms with Gasteiger partial charge in [0.25, 0.3) is 0 Å². The normalized spacial score (nSPS) is 18.1. The standard InChI is InChI=1S/C13H12NO.C5H5.Fe/c1-15-13-8-6-12(7-9-13)14-10-11-4-2-3-5-11;1-2-4-5-3-1;/h2-10H,1H3;1-5H;/q;;+2. The van der Waals surface area contributed by atoms with Crippen molar-refractivity contribution in [2.75, 3.05) is 7.11 Å². The van der Waals surface area contributed by atoms with Gasteiger partial charge in [0.15, 0.2) is 0 Å². The molecular weight excluding hydrogens is 302 g/mol. The van der Waals surface area contributed by atoms with E-state index in [4.69, 9.17) is 4.74 Å². The van der Waals surface area contributed by atoms with Gasteiger partial charge in [0.2, 0.25) is 0 Å². The Kier molecular flexibility index (Phi) is 9.45. The first-order valence-electron chi connectivity index (χ1n) is 6.45. The van der Waals surface area contributed by atoms with E-state index < -0.39 is 0 Å². The molecule has 0 aromatic heterocycles. The van der Waals surface area contributed by atoms with Crippen LogP contribution >= 0.6 is 0 Å². The number of rotatable bonds is 3. The number of nitrogens with zero attached hydrogens (tertiary/aromatic N) is 1. The second-order valence-corrected chi connectivity index (χ2v) is 4.14. The molecule has 21 heavy (non-hydrogen) atoms. The third-order valence-electron chi connectivity index (χ3n) is 2.68. The summed E-state index contributed by atoms with van der Waals surface area (Å²) >= 11 is 0. The largest absolute Gasteiger partial charge is 2.00 e. The van der Waals surface area contributed by atoms with Crippen molar-refractivity contribution in [3.05, 3.63) is 88.0 Å². The SMILES string of the molecule is COc1ccc(N=C[C]2[CH][CH][CH][CH]2)cc1.[CH]1[CH][CH][CH][CH]1.[Fe+2]. The van der Waals surface area contributed by atoms with E-state index in [9.17, 15) is 0 Å². The van der Waals surface area contributed by atoms with Crippen molar-refractivity contribution in [3.63, 3.8) is 0 Å². The Balaban J connectivity index is 0.000000313. The first-order valence-corrected chi connectivity index (χ1v) is 6.45. The van der Waals surface area contributed by atoms with E-state index in [0.29, 0.717) is 0 Å². The summed E-state index contributed by atoms with van der Waals surface area (Å²) in [5.74, 6) is 1.97. The van der Waals surface area contributed by atoms with Crippen LogP contribution in [0.25, 0.3) is 0 Å². The first-order chi connectivity index (χ1) is 9.88. The molecule has 3 rings (SSSR count). The molecule has 10 radical (unpaired) electrons. The summed E-state index contributed by atoms with van der Waals surface area (Å²) in [7, 11) is 1.66. The van der Waals surface area contributed by atoms with Gasteiger partial charge in [-0.3, -0.25) is 4.99 Å². The molecule has 0 amide bonds. The summed E-state index contributed by atoms with van der Waals surface area (Å²) in [6, 6.07) is 7.66. The van der Waals surface area contributed by atoms with E-state index in [0.717, 1.165) is 17.4 Å². The average molecular weight is 319 g/mol. The minimum absolute atomic E-state index is 0. The van der Waals surface area contributed by atoms with Crippen LogP contribution in [0.2, 0.25) is 0 Å². The van der Waals surface area contributed by atoms with Crippen molar-refractivity contribution in [2.45, 2.75) is 0 Å². The van der Waals surface area contributed by atoms with Gasteiger partial charge in [0.1, 0.15) is 5.75 Å². The molecule has 0 spiro atoms. The van der Waals surface area contributed by atoms with Gasteiger partial charge in [0, 0.05) is 12.1 Å². The van der Waals surface area contributed by atoms with Crippen LogP contribution in [0.3, 0.4) is 0 Å². The third kappa shape index (κ3) is 7.15. The molecule has 2 fully saturated rings. The number of aliphatic imine (C=N–C) groups is 1. The van der Waals surface area contributed by atoms with Crippen LogP contribution in [-0.4, -0.2) is 13.3 Å². The van der Waals surface area contributed by atoms with Crippen LogP contribution < -0.4 is 4.74 Å². The maximum absolute atomic E-state index is 5.07. The molecule has 0 saturated heterocycles. The van der Waals surface area contributed by atoms with Gasteiger partial charge in [-0.2, -0.15) is 0 Å². The van der Waals surface area contributed by atoms with E-state index in [1.54, 1.807) is 7.11 Å². The fourth-order valence-corrected chi connectivity index (χ4v) is 1.61. The van der Waals surface area contributed by atoms with E-state index in [1.165, 1.54) is 0 Å². The van der Waals surface area contributed by atoms with E-state index in [-0.39, 0.29) is 17.1 Å². The molecular formula is C18H17FeNO+2. The molecule has 2 saturated carbocycles. The molecule has 2 aliphatic rings. The van der Waals surface area contributed by atoms with Gasteiger partial charge in [-0.25, -0.2) is 0 Å². The third-order valence-corrected chi connectivity index (χ3v) is 2.68. The van der Waals surface area contributed by atoms with Crippen LogP contribution in [0.4, 0.5) is 5.69 Å². The van der Waals surface area contributed by atoms with Gasteiger partial charge < -0.3 is 4.74 Å². The monoisotopic (exact) mass is 319 g/mol. The van der Waals surface area contributed by atoms with Crippen molar-refractivity contribution in [1.29, 1.82) is 0 Å². The minimum atomic E-state index is 0. The van der Waals surface area contributed by atoms with E-state index >= 15 is 0 Å². The van der Waals surface area contributed by atoms with Crippen molar-refractivity contribution in [2.24, 2.45) is 4.99 Å². The van der Waals surface area contributed by atoms with Gasteiger partial charge in [-0.15, -0.1) is 0 Å². The molecule has 0 heterocycles. The Morgan fingerprint density at radius 2 is 1.33 bits per heavy atom. The number of hydrogen-bond acceptors (Lipinski definition) is 2. The van der Waals surface area contributed by atoms with Crippen molar-refractivity contribution < 1.29 is 21.8 Å². The van der Waals surface area contributed by atoms with E-state index in [1.807, 2.05) is 88.3 Å². The Morgan fingerprint density at radius 1 is 0.810 bits per heavy atom. The Hall–Kier alpha value is -0.791. The predicted molar refractivity (Wildman–Crippen MR) is 83.1 cm³/mol. The predicted octanol–water partition coefficient (Wildman–Crippen LogP) is 3.82. The Bertz CT molecular complexity index is 385. The molecule has 2 nitrogen and oxygen atoms in total. The Morgan fingerprint density at radius 3 is 1.81 bits per heavy atom. The molecule has 0 N–H and O–H groups in total. The Labute approximate surface area is 139 Å². The van der Waals surface area contributed by atoms with E-state index in [2.05, 4.69) is 4.99 Å². The maximum Gasteiger partial charge on any atom is 2.00 e. The second-order valence-electron chi connectivity index (χ2n) is 4.14. The van der Waals surface area contributed by atoms with Crippen LogP contribution in [0.1, 0.15) is 0 Å². The zero-order valence-corrected chi connectivity index (χ0v) is 12.9. The summed E-state index contributed by atoms with van der Waals surface area (Å²) in [6.07, 6.45) is 19.9. The van der Waals surface area contributed by atoms with Gasteiger partial charge in [-0.1, -0.05) is 0 Å². The van der Waals surface area contributed by atoms with Gasteiger partial charge in [0.05, 0.1) is 12.8 Å². The van der Waals surface area contributed by atoms with Crippen molar-refractivity contribution in [3.8, 4) is 5.75 Å². The summed E-state index contributed by atoms with van der Waals surface area (Å²) in [5.41, 5.74) is 0.928. The smallest absolute Gasteiger partial charge is 0.497 e. The second kappa shape index (κ2) is 10.9. The molecule has 0 unspecified atom stereocenters. The fraction of sp³-hybridized carbons (Fsp3) is 0.0556. The molecule has 1 aromatic rings. The van der Waals surface area contributed by atoms with Gasteiger partial charge in [-0.05, 0) is 82.1 Å². The number of hydrogen-bond donors (Lipinski definition) is 0. The molecule has 106 valence electrons. The molecule has 1 aromatic carbocycles. The fourth-order valence-electron chi connectivity index (χ4n) is 1.61. The molecule has 0 atom stereocenters.